The lowest BCUT2D eigenvalue weighted by atomic mass is 9.93. The van der Waals surface area contributed by atoms with Crippen LogP contribution in [0.1, 0.15) is 22.7 Å². The zero-order valence-corrected chi connectivity index (χ0v) is 11.7. The fourth-order valence-corrected chi connectivity index (χ4v) is 2.33. The highest BCUT2D eigenvalue weighted by atomic mass is 16.6. The van der Waals surface area contributed by atoms with Crippen LogP contribution in [-0.2, 0) is 18.3 Å². The first kappa shape index (κ1) is 14.7. The maximum atomic E-state index is 11.6. The number of nitro groups is 1. The summed E-state index contributed by atoms with van der Waals surface area (Å²) in [4.78, 5) is 25.6. The number of benzene rings is 1. The molecule has 21 heavy (non-hydrogen) atoms. The minimum atomic E-state index is -1.11. The molecule has 0 saturated heterocycles. The summed E-state index contributed by atoms with van der Waals surface area (Å²) in [6, 6.07) is 7.39. The molecule has 7 nitrogen and oxygen atoms in total. The van der Waals surface area contributed by atoms with E-state index in [1.54, 1.807) is 7.05 Å². The average molecular weight is 289 g/mol. The second-order valence-electron chi connectivity index (χ2n) is 4.84. The number of carboxylic acids is 1. The molecule has 0 aliphatic heterocycles. The van der Waals surface area contributed by atoms with Crippen molar-refractivity contribution in [2.45, 2.75) is 19.3 Å². The van der Waals surface area contributed by atoms with Crippen molar-refractivity contribution in [3.8, 4) is 0 Å². The second kappa shape index (κ2) is 5.74. The Balaban J connectivity index is 2.46. The fourth-order valence-electron chi connectivity index (χ4n) is 2.33. The van der Waals surface area contributed by atoms with Crippen LogP contribution in [-0.4, -0.2) is 25.6 Å². The Labute approximate surface area is 121 Å². The van der Waals surface area contributed by atoms with E-state index < -0.39 is 22.6 Å². The molecule has 0 spiro atoms. The largest absolute Gasteiger partial charge is 0.481 e. The Morgan fingerprint density at radius 2 is 2.14 bits per heavy atom. The summed E-state index contributed by atoms with van der Waals surface area (Å²) in [5.41, 5.74) is 1.91. The Morgan fingerprint density at radius 1 is 1.48 bits per heavy atom. The van der Waals surface area contributed by atoms with Crippen LogP contribution in [0.25, 0.3) is 0 Å². The van der Waals surface area contributed by atoms with Gasteiger partial charge in [-0.25, -0.2) is 0 Å². The van der Waals surface area contributed by atoms with Gasteiger partial charge in [-0.1, -0.05) is 24.3 Å². The molecule has 1 unspecified atom stereocenters. The van der Waals surface area contributed by atoms with Crippen molar-refractivity contribution in [2.75, 3.05) is 0 Å². The predicted molar refractivity (Wildman–Crippen MR) is 75.1 cm³/mol. The molecule has 1 atom stereocenters. The van der Waals surface area contributed by atoms with Gasteiger partial charge in [-0.15, -0.1) is 0 Å². The van der Waals surface area contributed by atoms with Crippen LogP contribution < -0.4 is 0 Å². The molecular weight excluding hydrogens is 274 g/mol. The maximum absolute atomic E-state index is 11.6. The molecule has 7 heteroatoms. The SMILES string of the molecule is Cc1ccccc1CC(C(=O)O)c1c([N+](=O)[O-])ncn1C. The number of carboxylic acid groups (broad SMARTS) is 1. The van der Waals surface area contributed by atoms with Gasteiger partial charge < -0.3 is 19.8 Å². The van der Waals surface area contributed by atoms with E-state index in [1.807, 2.05) is 31.2 Å². The summed E-state index contributed by atoms with van der Waals surface area (Å²) in [5.74, 6) is -2.53. The first-order valence-corrected chi connectivity index (χ1v) is 6.34. The van der Waals surface area contributed by atoms with E-state index in [1.165, 1.54) is 10.9 Å². The zero-order valence-electron chi connectivity index (χ0n) is 11.7. The summed E-state index contributed by atoms with van der Waals surface area (Å²) < 4.78 is 1.40. The van der Waals surface area contributed by atoms with Crippen molar-refractivity contribution in [3.05, 3.63) is 57.5 Å². The van der Waals surface area contributed by atoms with Crippen molar-refractivity contribution < 1.29 is 14.8 Å². The number of rotatable bonds is 5. The number of aromatic nitrogens is 2. The first-order chi connectivity index (χ1) is 9.91. The third-order valence-corrected chi connectivity index (χ3v) is 3.45. The summed E-state index contributed by atoms with van der Waals surface area (Å²) in [7, 11) is 1.56. The zero-order chi connectivity index (χ0) is 15.6. The molecule has 0 radical (unpaired) electrons. The van der Waals surface area contributed by atoms with E-state index in [0.717, 1.165) is 11.1 Å². The first-order valence-electron chi connectivity index (χ1n) is 6.34. The van der Waals surface area contributed by atoms with Crippen LogP contribution in [0.15, 0.2) is 30.6 Å². The summed E-state index contributed by atoms with van der Waals surface area (Å²) in [6.07, 6.45) is 1.45. The van der Waals surface area contributed by atoms with Gasteiger partial charge in [-0.2, -0.15) is 0 Å². The molecule has 1 aromatic carbocycles. The van der Waals surface area contributed by atoms with Crippen molar-refractivity contribution in [1.82, 2.24) is 9.55 Å². The molecular formula is C14H15N3O4. The molecule has 2 rings (SSSR count). The van der Waals surface area contributed by atoms with Gasteiger partial charge in [0.2, 0.25) is 6.33 Å². The molecule has 1 N–H and O–H groups in total. The Hall–Kier alpha value is -2.70. The van der Waals surface area contributed by atoms with E-state index in [2.05, 4.69) is 4.98 Å². The van der Waals surface area contributed by atoms with Gasteiger partial charge in [0, 0.05) is 7.05 Å². The van der Waals surface area contributed by atoms with Crippen molar-refractivity contribution in [1.29, 1.82) is 0 Å². The highest BCUT2D eigenvalue weighted by molar-refractivity contribution is 5.77. The minimum Gasteiger partial charge on any atom is -0.481 e. The number of imidazole rings is 1. The smallest absolute Gasteiger partial charge is 0.385 e. The molecule has 0 aliphatic carbocycles. The molecule has 2 aromatic rings. The number of nitrogens with zero attached hydrogens (tertiary/aromatic N) is 3. The predicted octanol–water partition coefficient (Wildman–Crippen LogP) is 2.05. The Bertz CT molecular complexity index is 693. The molecule has 0 bridgehead atoms. The number of hydrogen-bond donors (Lipinski definition) is 1. The normalized spacial score (nSPS) is 12.1. The van der Waals surface area contributed by atoms with Crippen LogP contribution in [0.4, 0.5) is 5.82 Å². The third kappa shape index (κ3) is 2.91. The highest BCUT2D eigenvalue weighted by Gasteiger charge is 2.33. The van der Waals surface area contributed by atoms with Gasteiger partial charge in [0.1, 0.15) is 11.6 Å². The van der Waals surface area contributed by atoms with Crippen LogP contribution in [0.5, 0.6) is 0 Å². The lowest BCUT2D eigenvalue weighted by Gasteiger charge is -2.14. The topological polar surface area (TPSA) is 98.3 Å². The van der Waals surface area contributed by atoms with Gasteiger partial charge >= 0.3 is 11.8 Å². The highest BCUT2D eigenvalue weighted by Crippen LogP contribution is 2.29. The lowest BCUT2D eigenvalue weighted by Crippen LogP contribution is -2.19. The van der Waals surface area contributed by atoms with Crippen molar-refractivity contribution in [3.63, 3.8) is 0 Å². The van der Waals surface area contributed by atoms with Crippen LogP contribution in [0, 0.1) is 17.0 Å². The second-order valence-corrected chi connectivity index (χ2v) is 4.84. The maximum Gasteiger partial charge on any atom is 0.385 e. The lowest BCUT2D eigenvalue weighted by molar-refractivity contribution is -0.390. The molecule has 0 amide bonds. The van der Waals surface area contributed by atoms with Crippen molar-refractivity contribution >= 4 is 11.8 Å². The van der Waals surface area contributed by atoms with E-state index >= 15 is 0 Å². The fraction of sp³-hybridized carbons (Fsp3) is 0.286. The van der Waals surface area contributed by atoms with Gasteiger partial charge in [0.25, 0.3) is 0 Å². The van der Waals surface area contributed by atoms with Crippen molar-refractivity contribution in [2.24, 2.45) is 7.05 Å². The number of aliphatic carboxylic acids is 1. The van der Waals surface area contributed by atoms with E-state index in [-0.39, 0.29) is 12.1 Å². The number of hydrogen-bond acceptors (Lipinski definition) is 4. The monoisotopic (exact) mass is 289 g/mol. The van der Waals surface area contributed by atoms with E-state index in [0.29, 0.717) is 0 Å². The molecule has 0 fully saturated rings. The minimum absolute atomic E-state index is 0.107. The van der Waals surface area contributed by atoms with Gasteiger partial charge in [-0.3, -0.25) is 4.79 Å². The summed E-state index contributed by atoms with van der Waals surface area (Å²) >= 11 is 0. The molecule has 0 aliphatic rings. The molecule has 0 saturated carbocycles. The molecule has 110 valence electrons. The van der Waals surface area contributed by atoms with Gasteiger partial charge in [0.05, 0.1) is 0 Å². The summed E-state index contributed by atoms with van der Waals surface area (Å²) in [6.45, 7) is 1.88. The van der Waals surface area contributed by atoms with E-state index in [4.69, 9.17) is 0 Å². The average Bonchev–Trinajstić information content (AvgIpc) is 2.79. The molecule has 1 aromatic heterocycles. The Morgan fingerprint density at radius 3 is 2.71 bits per heavy atom. The van der Waals surface area contributed by atoms with Gasteiger partial charge in [0.15, 0.2) is 0 Å². The number of carbonyl (C=O) groups is 1. The quantitative estimate of drug-likeness (QED) is 0.671. The standard InChI is InChI=1S/C14H15N3O4/c1-9-5-3-4-6-10(9)7-11(14(18)19)12-13(17(20)21)15-8-16(12)2/h3-6,8,11H,7H2,1-2H3,(H,18,19). The number of aryl methyl sites for hydroxylation is 2. The van der Waals surface area contributed by atoms with Gasteiger partial charge in [-0.05, 0) is 34.4 Å². The molecule has 1 heterocycles. The third-order valence-electron chi connectivity index (χ3n) is 3.45. The van der Waals surface area contributed by atoms with Crippen LogP contribution in [0.3, 0.4) is 0 Å². The Kier molecular flexibility index (Phi) is 4.02. The van der Waals surface area contributed by atoms with Crippen LogP contribution in [0.2, 0.25) is 0 Å². The van der Waals surface area contributed by atoms with Crippen LogP contribution >= 0.6 is 0 Å². The van der Waals surface area contributed by atoms with E-state index in [9.17, 15) is 20.0 Å². The summed E-state index contributed by atoms with van der Waals surface area (Å²) in [5, 5.41) is 20.5.